The van der Waals surface area contributed by atoms with Crippen molar-refractivity contribution in [2.75, 3.05) is 6.54 Å². The number of rotatable bonds is 9. The van der Waals surface area contributed by atoms with Gasteiger partial charge in [0, 0.05) is 6.54 Å². The quantitative estimate of drug-likeness (QED) is 0.672. The third-order valence-corrected chi connectivity index (χ3v) is 4.19. The van der Waals surface area contributed by atoms with Gasteiger partial charge in [-0.05, 0) is 62.2 Å². The zero-order valence-corrected chi connectivity index (χ0v) is 15.2. The molecule has 0 saturated heterocycles. The lowest BCUT2D eigenvalue weighted by Crippen LogP contribution is -2.28. The first kappa shape index (κ1) is 19.5. The van der Waals surface area contributed by atoms with Crippen LogP contribution in [0.2, 0.25) is 0 Å². The molecule has 5 nitrogen and oxygen atoms in total. The fourth-order valence-corrected chi connectivity index (χ4v) is 2.38. The number of carbonyl (C=O) groups is 1. The zero-order chi connectivity index (χ0) is 19.0. The number of hydrogen-bond donors (Lipinski definition) is 2. The molecule has 0 amide bonds. The molecule has 0 spiro atoms. The summed E-state index contributed by atoms with van der Waals surface area (Å²) in [5.41, 5.74) is 1.91. The van der Waals surface area contributed by atoms with Crippen LogP contribution in [0.5, 0.6) is 5.75 Å². The fourth-order valence-electron chi connectivity index (χ4n) is 2.38. The molecule has 26 heavy (non-hydrogen) atoms. The summed E-state index contributed by atoms with van der Waals surface area (Å²) < 4.78 is 5.81. The summed E-state index contributed by atoms with van der Waals surface area (Å²) >= 11 is 0. The molecular formula is C21H24N2O3. The van der Waals surface area contributed by atoms with E-state index in [0.717, 1.165) is 16.9 Å². The van der Waals surface area contributed by atoms with Crippen LogP contribution in [-0.2, 0) is 17.9 Å². The van der Waals surface area contributed by atoms with Gasteiger partial charge in [0.15, 0.2) is 0 Å². The van der Waals surface area contributed by atoms with Gasteiger partial charge in [0.05, 0.1) is 17.0 Å². The second-order valence-electron chi connectivity index (χ2n) is 6.86. The molecule has 0 aliphatic carbocycles. The van der Waals surface area contributed by atoms with E-state index in [9.17, 15) is 4.79 Å². The fraction of sp³-hybridized carbons (Fsp3) is 0.333. The maximum Gasteiger partial charge on any atom is 0.309 e. The molecule has 0 aliphatic rings. The molecule has 5 heteroatoms. The molecule has 0 saturated carbocycles. The standard InChI is InChI=1S/C21H24N2O3/c1-21(2,20(24)25)9-10-23-14-17-6-4-8-19(12-17)26-15-18-7-3-5-16(11-18)13-22/h3-8,11-12,23H,9-10,14-15H2,1-2H3,(H,24,25). The number of carboxylic acids is 1. The minimum absolute atomic E-state index is 0.402. The molecule has 0 unspecified atom stereocenters. The number of hydrogen-bond acceptors (Lipinski definition) is 4. The van der Waals surface area contributed by atoms with E-state index < -0.39 is 11.4 Å². The highest BCUT2D eigenvalue weighted by Gasteiger charge is 2.25. The van der Waals surface area contributed by atoms with Crippen LogP contribution in [0, 0.1) is 16.7 Å². The Morgan fingerprint density at radius 1 is 1.19 bits per heavy atom. The Morgan fingerprint density at radius 3 is 2.65 bits per heavy atom. The van der Waals surface area contributed by atoms with Crippen molar-refractivity contribution < 1.29 is 14.6 Å². The van der Waals surface area contributed by atoms with E-state index in [1.165, 1.54) is 0 Å². The van der Waals surface area contributed by atoms with E-state index in [0.29, 0.717) is 31.7 Å². The second-order valence-corrected chi connectivity index (χ2v) is 6.86. The molecule has 2 aromatic rings. The summed E-state index contributed by atoms with van der Waals surface area (Å²) in [5, 5.41) is 21.3. The van der Waals surface area contributed by atoms with Gasteiger partial charge in [0.2, 0.25) is 0 Å². The van der Waals surface area contributed by atoms with Crippen LogP contribution in [0.15, 0.2) is 48.5 Å². The maximum atomic E-state index is 11.1. The number of nitrogens with zero attached hydrogens (tertiary/aromatic N) is 1. The second kappa shape index (κ2) is 9.02. The molecule has 2 rings (SSSR count). The summed E-state index contributed by atoms with van der Waals surface area (Å²) in [6.07, 6.45) is 0.563. The van der Waals surface area contributed by atoms with Crippen molar-refractivity contribution in [3.8, 4) is 11.8 Å². The number of nitrogens with one attached hydrogen (secondary N) is 1. The number of benzene rings is 2. The van der Waals surface area contributed by atoms with Crippen molar-refractivity contribution in [2.24, 2.45) is 5.41 Å². The van der Waals surface area contributed by atoms with E-state index >= 15 is 0 Å². The third-order valence-electron chi connectivity index (χ3n) is 4.19. The number of nitriles is 1. The van der Waals surface area contributed by atoms with Crippen LogP contribution in [-0.4, -0.2) is 17.6 Å². The van der Waals surface area contributed by atoms with E-state index in [4.69, 9.17) is 15.1 Å². The summed E-state index contributed by atoms with van der Waals surface area (Å²) in [6.45, 7) is 5.14. The predicted octanol–water partition coefficient (Wildman–Crippen LogP) is 3.73. The van der Waals surface area contributed by atoms with Gasteiger partial charge in [-0.1, -0.05) is 24.3 Å². The Hall–Kier alpha value is -2.84. The van der Waals surface area contributed by atoms with Crippen molar-refractivity contribution in [1.82, 2.24) is 5.32 Å². The van der Waals surface area contributed by atoms with E-state index in [1.807, 2.05) is 42.5 Å². The molecule has 0 aromatic heterocycles. The van der Waals surface area contributed by atoms with Gasteiger partial charge in [-0.3, -0.25) is 4.79 Å². The Kier molecular flexibility index (Phi) is 6.76. The molecule has 136 valence electrons. The third kappa shape index (κ3) is 5.91. The lowest BCUT2D eigenvalue weighted by atomic mass is 9.90. The first-order valence-corrected chi connectivity index (χ1v) is 8.55. The van der Waals surface area contributed by atoms with Gasteiger partial charge in [-0.15, -0.1) is 0 Å². The molecule has 0 heterocycles. The summed E-state index contributed by atoms with van der Waals surface area (Å²) in [5.74, 6) is -0.0207. The minimum atomic E-state index is -0.782. The van der Waals surface area contributed by atoms with Crippen LogP contribution in [0.3, 0.4) is 0 Å². The first-order chi connectivity index (χ1) is 12.4. The largest absolute Gasteiger partial charge is 0.489 e. The molecule has 0 atom stereocenters. The van der Waals surface area contributed by atoms with Crippen LogP contribution in [0.25, 0.3) is 0 Å². The number of ether oxygens (including phenoxy) is 1. The first-order valence-electron chi connectivity index (χ1n) is 8.55. The zero-order valence-electron chi connectivity index (χ0n) is 15.2. The summed E-state index contributed by atoms with van der Waals surface area (Å²) in [7, 11) is 0. The average molecular weight is 352 g/mol. The Balaban J connectivity index is 1.84. The van der Waals surface area contributed by atoms with Gasteiger partial charge < -0.3 is 15.2 Å². The maximum absolute atomic E-state index is 11.1. The lowest BCUT2D eigenvalue weighted by molar-refractivity contribution is -0.147. The molecule has 0 bridgehead atoms. The van der Waals surface area contributed by atoms with Crippen LogP contribution in [0.1, 0.15) is 37.0 Å². The van der Waals surface area contributed by atoms with E-state index in [1.54, 1.807) is 19.9 Å². The Bertz CT molecular complexity index is 794. The van der Waals surface area contributed by atoms with E-state index in [-0.39, 0.29) is 0 Å². The Morgan fingerprint density at radius 2 is 1.92 bits per heavy atom. The molecule has 0 fully saturated rings. The normalized spacial score (nSPS) is 11.0. The molecule has 2 N–H and O–H groups in total. The van der Waals surface area contributed by atoms with Gasteiger partial charge in [-0.2, -0.15) is 5.26 Å². The number of carboxylic acid groups (broad SMARTS) is 1. The van der Waals surface area contributed by atoms with Crippen molar-refractivity contribution in [3.05, 3.63) is 65.2 Å². The topological polar surface area (TPSA) is 82.3 Å². The van der Waals surface area contributed by atoms with Crippen LogP contribution < -0.4 is 10.1 Å². The monoisotopic (exact) mass is 352 g/mol. The average Bonchev–Trinajstić information content (AvgIpc) is 2.64. The van der Waals surface area contributed by atoms with Gasteiger partial charge in [0.25, 0.3) is 0 Å². The van der Waals surface area contributed by atoms with Gasteiger partial charge >= 0.3 is 5.97 Å². The van der Waals surface area contributed by atoms with Gasteiger partial charge in [0.1, 0.15) is 12.4 Å². The SMILES string of the molecule is CC(C)(CCNCc1cccc(OCc2cccc(C#N)c2)c1)C(=O)O. The molecule has 0 radical (unpaired) electrons. The van der Waals surface area contributed by atoms with Gasteiger partial charge in [-0.25, -0.2) is 0 Å². The summed E-state index contributed by atoms with van der Waals surface area (Å²) in [6, 6.07) is 17.3. The van der Waals surface area contributed by atoms with Crippen molar-refractivity contribution in [3.63, 3.8) is 0 Å². The Labute approximate surface area is 154 Å². The highest BCUT2D eigenvalue weighted by atomic mass is 16.5. The predicted molar refractivity (Wildman–Crippen MR) is 99.7 cm³/mol. The highest BCUT2D eigenvalue weighted by molar-refractivity contribution is 5.73. The highest BCUT2D eigenvalue weighted by Crippen LogP contribution is 2.20. The van der Waals surface area contributed by atoms with Crippen molar-refractivity contribution in [1.29, 1.82) is 5.26 Å². The molecule has 0 aliphatic heterocycles. The molecule has 2 aromatic carbocycles. The lowest BCUT2D eigenvalue weighted by Gasteiger charge is -2.19. The van der Waals surface area contributed by atoms with E-state index in [2.05, 4.69) is 11.4 Å². The van der Waals surface area contributed by atoms with Crippen molar-refractivity contribution in [2.45, 2.75) is 33.4 Å². The molecular weight excluding hydrogens is 328 g/mol. The van der Waals surface area contributed by atoms with Crippen LogP contribution >= 0.6 is 0 Å². The summed E-state index contributed by atoms with van der Waals surface area (Å²) in [4.78, 5) is 11.1. The smallest absolute Gasteiger partial charge is 0.309 e. The minimum Gasteiger partial charge on any atom is -0.489 e. The van der Waals surface area contributed by atoms with Crippen molar-refractivity contribution >= 4 is 5.97 Å². The van der Waals surface area contributed by atoms with Crippen LogP contribution in [0.4, 0.5) is 0 Å². The number of aliphatic carboxylic acids is 1.